The van der Waals surface area contributed by atoms with Gasteiger partial charge >= 0.3 is 5.97 Å². The number of nitrogens with zero attached hydrogens (tertiary/aromatic N) is 2. The third-order valence-electron chi connectivity index (χ3n) is 1.11. The molecule has 0 saturated heterocycles. The zero-order valence-electron chi connectivity index (χ0n) is 5.40. The van der Waals surface area contributed by atoms with Crippen LogP contribution in [0.15, 0.2) is 18.5 Å². The van der Waals surface area contributed by atoms with Crippen molar-refractivity contribution in [2.75, 3.05) is 0 Å². The van der Waals surface area contributed by atoms with E-state index in [-0.39, 0.29) is 6.42 Å². The number of hydrogen-bond donors (Lipinski definition) is 1. The fourth-order valence-corrected chi connectivity index (χ4v) is 0.643. The van der Waals surface area contributed by atoms with Crippen molar-refractivity contribution < 1.29 is 9.90 Å². The standard InChI is InChI=1S/C6H8N2O2/c9-6(10)2-5-8-4-1-3-7-8/h1,3-4H,2,5H2,(H,9,10). The first-order valence-electron chi connectivity index (χ1n) is 2.98. The highest BCUT2D eigenvalue weighted by atomic mass is 16.4. The number of aliphatic carboxylic acids is 1. The molecule has 0 atom stereocenters. The first-order valence-corrected chi connectivity index (χ1v) is 2.98. The maximum Gasteiger partial charge on any atom is 0.305 e. The van der Waals surface area contributed by atoms with E-state index < -0.39 is 5.97 Å². The molecule has 1 heterocycles. The van der Waals surface area contributed by atoms with Crippen LogP contribution in [0.1, 0.15) is 6.42 Å². The molecule has 54 valence electrons. The highest BCUT2D eigenvalue weighted by Gasteiger charge is 1.95. The summed E-state index contributed by atoms with van der Waals surface area (Å²) in [6.07, 6.45) is 3.49. The molecule has 4 heteroatoms. The van der Waals surface area contributed by atoms with Gasteiger partial charge in [0, 0.05) is 12.4 Å². The Kier molecular flexibility index (Phi) is 2.04. The Morgan fingerprint density at radius 2 is 2.50 bits per heavy atom. The van der Waals surface area contributed by atoms with Crippen molar-refractivity contribution >= 4 is 5.97 Å². The Morgan fingerprint density at radius 3 is 3.00 bits per heavy atom. The second kappa shape index (κ2) is 3.00. The number of aryl methyl sites for hydroxylation is 1. The summed E-state index contributed by atoms with van der Waals surface area (Å²) >= 11 is 0. The van der Waals surface area contributed by atoms with E-state index in [4.69, 9.17) is 5.11 Å². The van der Waals surface area contributed by atoms with Gasteiger partial charge in [0.2, 0.25) is 0 Å². The zero-order valence-corrected chi connectivity index (χ0v) is 5.40. The van der Waals surface area contributed by atoms with Crippen LogP contribution in [0.25, 0.3) is 0 Å². The summed E-state index contributed by atoms with van der Waals surface area (Å²) in [4.78, 5) is 10.1. The number of rotatable bonds is 3. The van der Waals surface area contributed by atoms with Crippen molar-refractivity contribution in [1.82, 2.24) is 9.78 Å². The van der Waals surface area contributed by atoms with E-state index in [1.165, 1.54) is 0 Å². The summed E-state index contributed by atoms with van der Waals surface area (Å²) in [5.74, 6) is -0.796. The lowest BCUT2D eigenvalue weighted by Gasteiger charge is -1.94. The van der Waals surface area contributed by atoms with Crippen molar-refractivity contribution in [3.05, 3.63) is 18.5 Å². The van der Waals surface area contributed by atoms with Crippen LogP contribution in [0.4, 0.5) is 0 Å². The van der Waals surface area contributed by atoms with Crippen LogP contribution in [0, 0.1) is 0 Å². The fourth-order valence-electron chi connectivity index (χ4n) is 0.643. The van der Waals surface area contributed by atoms with Crippen molar-refractivity contribution in [3.63, 3.8) is 0 Å². The van der Waals surface area contributed by atoms with Gasteiger partial charge in [-0.25, -0.2) is 0 Å². The third-order valence-corrected chi connectivity index (χ3v) is 1.11. The van der Waals surface area contributed by atoms with Gasteiger partial charge in [0.1, 0.15) is 0 Å². The highest BCUT2D eigenvalue weighted by molar-refractivity contribution is 5.66. The molecule has 1 aromatic heterocycles. The summed E-state index contributed by atoms with van der Waals surface area (Å²) in [6.45, 7) is 0.447. The smallest absolute Gasteiger partial charge is 0.305 e. The van der Waals surface area contributed by atoms with E-state index in [9.17, 15) is 4.79 Å². The molecule has 1 N–H and O–H groups in total. The molecule has 0 radical (unpaired) electrons. The SMILES string of the molecule is O=C(O)CCn1cccn1. The molecule has 0 saturated carbocycles. The second-order valence-electron chi connectivity index (χ2n) is 1.91. The van der Waals surface area contributed by atoms with Gasteiger partial charge in [0.25, 0.3) is 0 Å². The molecule has 4 nitrogen and oxygen atoms in total. The van der Waals surface area contributed by atoms with Gasteiger partial charge in [0.15, 0.2) is 0 Å². The molecule has 0 aliphatic heterocycles. The summed E-state index contributed by atoms with van der Waals surface area (Å²) in [7, 11) is 0. The summed E-state index contributed by atoms with van der Waals surface area (Å²) < 4.78 is 1.59. The number of carboxylic acids is 1. The van der Waals surface area contributed by atoms with E-state index in [0.29, 0.717) is 6.54 Å². The van der Waals surface area contributed by atoms with E-state index in [2.05, 4.69) is 5.10 Å². The third kappa shape index (κ3) is 1.89. The van der Waals surface area contributed by atoms with E-state index >= 15 is 0 Å². The van der Waals surface area contributed by atoms with Crippen molar-refractivity contribution in [2.45, 2.75) is 13.0 Å². The highest BCUT2D eigenvalue weighted by Crippen LogP contribution is 1.87. The molecule has 0 aromatic carbocycles. The van der Waals surface area contributed by atoms with Crippen LogP contribution in [-0.4, -0.2) is 20.9 Å². The van der Waals surface area contributed by atoms with Gasteiger partial charge in [-0.1, -0.05) is 0 Å². The Hall–Kier alpha value is -1.32. The van der Waals surface area contributed by atoms with Crippen LogP contribution >= 0.6 is 0 Å². The predicted molar refractivity (Wildman–Crippen MR) is 34.5 cm³/mol. The Balaban J connectivity index is 2.35. The number of hydrogen-bond acceptors (Lipinski definition) is 2. The average Bonchev–Trinajstić information content (AvgIpc) is 2.34. The fraction of sp³-hybridized carbons (Fsp3) is 0.333. The van der Waals surface area contributed by atoms with E-state index in [1.807, 2.05) is 0 Å². The average molecular weight is 140 g/mol. The molecule has 1 aromatic rings. The molecule has 10 heavy (non-hydrogen) atoms. The van der Waals surface area contributed by atoms with Gasteiger partial charge in [0.05, 0.1) is 13.0 Å². The summed E-state index contributed by atoms with van der Waals surface area (Å²) in [6, 6.07) is 1.77. The van der Waals surface area contributed by atoms with Crippen molar-refractivity contribution in [3.8, 4) is 0 Å². The van der Waals surface area contributed by atoms with Crippen molar-refractivity contribution in [1.29, 1.82) is 0 Å². The molecule has 0 aliphatic carbocycles. The lowest BCUT2D eigenvalue weighted by Crippen LogP contribution is -2.04. The Labute approximate surface area is 58.1 Å². The first-order chi connectivity index (χ1) is 4.79. The molecular weight excluding hydrogens is 132 g/mol. The quantitative estimate of drug-likeness (QED) is 0.659. The Bertz CT molecular complexity index is 206. The van der Waals surface area contributed by atoms with Crippen LogP contribution in [-0.2, 0) is 11.3 Å². The van der Waals surface area contributed by atoms with Crippen molar-refractivity contribution in [2.24, 2.45) is 0 Å². The minimum Gasteiger partial charge on any atom is -0.481 e. The van der Waals surface area contributed by atoms with Gasteiger partial charge in [-0.2, -0.15) is 5.10 Å². The molecule has 0 aliphatic rings. The molecule has 1 rings (SSSR count). The first kappa shape index (κ1) is 6.80. The molecular formula is C6H8N2O2. The van der Waals surface area contributed by atoms with E-state index in [0.717, 1.165) is 0 Å². The van der Waals surface area contributed by atoms with Gasteiger partial charge in [-0.05, 0) is 6.07 Å². The number of carbonyl (C=O) groups is 1. The largest absolute Gasteiger partial charge is 0.481 e. The molecule has 0 bridgehead atoms. The summed E-state index contributed by atoms with van der Waals surface area (Å²) in [5.41, 5.74) is 0. The maximum absolute atomic E-state index is 10.1. The zero-order chi connectivity index (χ0) is 7.40. The van der Waals surface area contributed by atoms with Gasteiger partial charge < -0.3 is 5.11 Å². The lowest BCUT2D eigenvalue weighted by atomic mass is 10.4. The minimum absolute atomic E-state index is 0.127. The van der Waals surface area contributed by atoms with Gasteiger partial charge in [-0.15, -0.1) is 0 Å². The van der Waals surface area contributed by atoms with Crippen LogP contribution in [0.3, 0.4) is 0 Å². The minimum atomic E-state index is -0.796. The van der Waals surface area contributed by atoms with Crippen LogP contribution in [0.5, 0.6) is 0 Å². The maximum atomic E-state index is 10.1. The lowest BCUT2D eigenvalue weighted by molar-refractivity contribution is -0.137. The Morgan fingerprint density at radius 1 is 1.70 bits per heavy atom. The summed E-state index contributed by atoms with van der Waals surface area (Å²) in [5, 5.41) is 12.1. The van der Waals surface area contributed by atoms with Crippen LogP contribution < -0.4 is 0 Å². The van der Waals surface area contributed by atoms with Gasteiger partial charge in [-0.3, -0.25) is 9.48 Å². The second-order valence-corrected chi connectivity index (χ2v) is 1.91. The molecule has 0 amide bonds. The topological polar surface area (TPSA) is 55.1 Å². The monoisotopic (exact) mass is 140 g/mol. The molecule has 0 unspecified atom stereocenters. The number of carboxylic acid groups (broad SMARTS) is 1. The number of aromatic nitrogens is 2. The predicted octanol–water partition coefficient (Wildman–Crippen LogP) is 0.358. The van der Waals surface area contributed by atoms with Crippen LogP contribution in [0.2, 0.25) is 0 Å². The molecule has 0 fully saturated rings. The normalized spacial score (nSPS) is 9.60. The van der Waals surface area contributed by atoms with E-state index in [1.54, 1.807) is 23.1 Å². The molecule has 0 spiro atoms.